The second kappa shape index (κ2) is 9.70. The molecule has 3 heterocycles. The lowest BCUT2D eigenvalue weighted by atomic mass is 10.2. The minimum atomic E-state index is -0.438. The maximum Gasteiger partial charge on any atom is 0.304 e. The fourth-order valence-electron chi connectivity index (χ4n) is 4.68. The van der Waals surface area contributed by atoms with Crippen molar-refractivity contribution in [3.05, 3.63) is 70.6 Å². The zero-order chi connectivity index (χ0) is 24.5. The molecule has 2 aromatic carbocycles. The molecule has 1 fully saturated rings. The molecule has 0 bridgehead atoms. The molecule has 182 valence electrons. The first-order chi connectivity index (χ1) is 17.0. The van der Waals surface area contributed by atoms with Gasteiger partial charge < -0.3 is 9.64 Å². The van der Waals surface area contributed by atoms with Crippen molar-refractivity contribution < 1.29 is 18.7 Å². The van der Waals surface area contributed by atoms with Gasteiger partial charge in [-0.2, -0.15) is 4.98 Å². The van der Waals surface area contributed by atoms with Crippen molar-refractivity contribution in [3.63, 3.8) is 0 Å². The predicted molar refractivity (Wildman–Crippen MR) is 131 cm³/mol. The molecule has 0 saturated carbocycles. The number of carbonyl (C=O) groups excluding carboxylic acids is 2. The first-order valence-electron chi connectivity index (χ1n) is 11.9. The second-order valence-electron chi connectivity index (χ2n) is 8.84. The molecule has 1 atom stereocenters. The summed E-state index contributed by atoms with van der Waals surface area (Å²) in [4.78, 5) is 35.2. The summed E-state index contributed by atoms with van der Waals surface area (Å²) < 4.78 is 21.6. The molecule has 35 heavy (non-hydrogen) atoms. The summed E-state index contributed by atoms with van der Waals surface area (Å²) in [6, 6.07) is 12.8. The number of ether oxygens (including phenoxy) is 1. The molecule has 0 N–H and O–H groups in total. The van der Waals surface area contributed by atoms with E-state index in [1.807, 2.05) is 24.0 Å². The number of imide groups is 1. The van der Waals surface area contributed by atoms with Crippen LogP contribution in [0.4, 0.5) is 10.2 Å². The maximum absolute atomic E-state index is 13.9. The molecular formula is C26H26ClFN4O3. The zero-order valence-electron chi connectivity index (χ0n) is 19.4. The Labute approximate surface area is 208 Å². The Hall–Kier alpha value is -3.39. The molecule has 9 heteroatoms. The van der Waals surface area contributed by atoms with Crippen LogP contribution in [0.3, 0.4) is 0 Å². The number of carbonyl (C=O) groups is 2. The van der Waals surface area contributed by atoms with Crippen LogP contribution in [0.25, 0.3) is 0 Å². The zero-order valence-corrected chi connectivity index (χ0v) is 20.2. The average Bonchev–Trinajstić information content (AvgIpc) is 3.44. The first kappa shape index (κ1) is 23.4. The Morgan fingerprint density at radius 2 is 1.97 bits per heavy atom. The highest BCUT2D eigenvalue weighted by Crippen LogP contribution is 2.37. The van der Waals surface area contributed by atoms with Gasteiger partial charge in [-0.05, 0) is 49.1 Å². The van der Waals surface area contributed by atoms with Crippen LogP contribution >= 0.6 is 11.6 Å². The quantitative estimate of drug-likeness (QED) is 0.417. The smallest absolute Gasteiger partial charge is 0.304 e. The number of anilines is 1. The average molecular weight is 497 g/mol. The van der Waals surface area contributed by atoms with Crippen LogP contribution in [0, 0.1) is 5.82 Å². The van der Waals surface area contributed by atoms with E-state index in [4.69, 9.17) is 21.3 Å². The van der Waals surface area contributed by atoms with Crippen LogP contribution in [0.5, 0.6) is 11.8 Å². The van der Waals surface area contributed by atoms with Crippen LogP contribution in [-0.2, 0) is 11.3 Å². The van der Waals surface area contributed by atoms with Gasteiger partial charge in [0.2, 0.25) is 0 Å². The normalized spacial score (nSPS) is 17.4. The van der Waals surface area contributed by atoms with Crippen molar-refractivity contribution in [1.29, 1.82) is 0 Å². The van der Waals surface area contributed by atoms with Gasteiger partial charge in [-0.15, -0.1) is 0 Å². The number of benzene rings is 2. The topological polar surface area (TPSA) is 67.7 Å². The Morgan fingerprint density at radius 3 is 2.71 bits per heavy atom. The minimum Gasteiger partial charge on any atom is -0.425 e. The minimum absolute atomic E-state index is 0.166. The van der Waals surface area contributed by atoms with Gasteiger partial charge in [0.05, 0.1) is 6.54 Å². The fraction of sp³-hybridized carbons (Fsp3) is 0.346. The number of halogens is 2. The summed E-state index contributed by atoms with van der Waals surface area (Å²) in [5.74, 6) is -0.294. The van der Waals surface area contributed by atoms with Crippen molar-refractivity contribution in [2.75, 3.05) is 18.0 Å². The van der Waals surface area contributed by atoms with Crippen LogP contribution in [0.15, 0.2) is 48.5 Å². The number of nitrogens with zero attached hydrogens (tertiary/aromatic N) is 4. The third-order valence-electron chi connectivity index (χ3n) is 6.43. The molecule has 1 unspecified atom stereocenters. The first-order valence-corrected chi connectivity index (χ1v) is 12.2. The number of amides is 2. The van der Waals surface area contributed by atoms with E-state index >= 15 is 0 Å². The second-order valence-corrected chi connectivity index (χ2v) is 9.28. The number of imidazole rings is 1. The van der Waals surface area contributed by atoms with E-state index in [9.17, 15) is 14.0 Å². The molecule has 0 radical (unpaired) electrons. The van der Waals surface area contributed by atoms with E-state index in [1.165, 1.54) is 17.0 Å². The molecule has 0 aliphatic carbocycles. The molecule has 2 amide bonds. The van der Waals surface area contributed by atoms with Crippen molar-refractivity contribution in [3.8, 4) is 11.8 Å². The number of unbranched alkanes of at least 4 members (excludes halogenated alkanes) is 1. The Morgan fingerprint density at radius 1 is 1.17 bits per heavy atom. The third kappa shape index (κ3) is 4.50. The molecule has 0 spiro atoms. The molecule has 7 nitrogen and oxygen atoms in total. The SMILES string of the molecule is CCCCN1C(=O)c2c(nc(Oc3cccc(F)c3)n2Cc2ccc(Cl)cc2)N2CCCC2C1=O. The fourth-order valence-corrected chi connectivity index (χ4v) is 4.80. The highest BCUT2D eigenvalue weighted by molar-refractivity contribution is 6.30. The van der Waals surface area contributed by atoms with E-state index in [0.29, 0.717) is 36.0 Å². The summed E-state index contributed by atoms with van der Waals surface area (Å²) in [6.45, 7) is 3.26. The lowest BCUT2D eigenvalue weighted by Crippen LogP contribution is -2.46. The van der Waals surface area contributed by atoms with Gasteiger partial charge in [0.25, 0.3) is 11.8 Å². The lowest BCUT2D eigenvalue weighted by Gasteiger charge is -2.25. The van der Waals surface area contributed by atoms with E-state index in [-0.39, 0.29) is 30.1 Å². The number of rotatable bonds is 7. The van der Waals surface area contributed by atoms with Crippen molar-refractivity contribution in [2.45, 2.75) is 45.2 Å². The highest BCUT2D eigenvalue weighted by Gasteiger charge is 2.45. The van der Waals surface area contributed by atoms with Gasteiger partial charge in [-0.1, -0.05) is 43.1 Å². The number of hydrogen-bond acceptors (Lipinski definition) is 5. The summed E-state index contributed by atoms with van der Waals surface area (Å²) in [5.41, 5.74) is 1.18. The van der Waals surface area contributed by atoms with Gasteiger partial charge in [-0.3, -0.25) is 19.1 Å². The predicted octanol–water partition coefficient (Wildman–Crippen LogP) is 5.27. The summed E-state index contributed by atoms with van der Waals surface area (Å²) >= 11 is 6.07. The van der Waals surface area contributed by atoms with Crippen LogP contribution in [-0.4, -0.2) is 45.4 Å². The Kier molecular flexibility index (Phi) is 6.47. The summed E-state index contributed by atoms with van der Waals surface area (Å²) in [7, 11) is 0. The standard InChI is InChI=1S/C26H26ClFN4O3/c1-2-3-13-31-24(33)21-8-5-14-30(21)23-22(25(31)34)32(16-17-9-11-18(27)12-10-17)26(29-23)35-20-7-4-6-19(28)15-20/h4,6-7,9-12,15,21H,2-3,5,8,13-14,16H2,1H3. The largest absolute Gasteiger partial charge is 0.425 e. The van der Waals surface area contributed by atoms with Gasteiger partial charge >= 0.3 is 6.01 Å². The van der Waals surface area contributed by atoms with Crippen molar-refractivity contribution >= 4 is 29.2 Å². The Balaban J connectivity index is 1.65. The molecule has 2 aliphatic heterocycles. The summed E-state index contributed by atoms with van der Waals surface area (Å²) in [5, 5.41) is 0.599. The molecule has 2 aliphatic rings. The Bertz CT molecular complexity index is 1260. The highest BCUT2D eigenvalue weighted by atomic mass is 35.5. The summed E-state index contributed by atoms with van der Waals surface area (Å²) in [6.07, 6.45) is 3.07. The van der Waals surface area contributed by atoms with E-state index in [0.717, 1.165) is 24.8 Å². The monoisotopic (exact) mass is 496 g/mol. The van der Waals surface area contributed by atoms with E-state index in [2.05, 4.69) is 0 Å². The van der Waals surface area contributed by atoms with Gasteiger partial charge in [0, 0.05) is 24.2 Å². The maximum atomic E-state index is 13.9. The van der Waals surface area contributed by atoms with E-state index in [1.54, 1.807) is 28.8 Å². The van der Waals surface area contributed by atoms with Gasteiger partial charge in [0.1, 0.15) is 17.6 Å². The molecule has 1 aromatic heterocycles. The molecule has 1 saturated heterocycles. The lowest BCUT2D eigenvalue weighted by molar-refractivity contribution is -0.129. The molecular weight excluding hydrogens is 471 g/mol. The number of aromatic nitrogens is 2. The molecule has 3 aromatic rings. The molecule has 5 rings (SSSR count). The van der Waals surface area contributed by atoms with Gasteiger partial charge in [-0.25, -0.2) is 4.39 Å². The number of hydrogen-bond donors (Lipinski definition) is 0. The van der Waals surface area contributed by atoms with E-state index < -0.39 is 11.9 Å². The third-order valence-corrected chi connectivity index (χ3v) is 6.68. The van der Waals surface area contributed by atoms with Crippen LogP contribution in [0.2, 0.25) is 5.02 Å². The van der Waals surface area contributed by atoms with Crippen LogP contribution in [0.1, 0.15) is 48.7 Å². The van der Waals surface area contributed by atoms with Crippen LogP contribution < -0.4 is 9.64 Å². The van der Waals surface area contributed by atoms with Crippen molar-refractivity contribution in [1.82, 2.24) is 14.5 Å². The van der Waals surface area contributed by atoms with Crippen molar-refractivity contribution in [2.24, 2.45) is 0 Å². The number of fused-ring (bicyclic) bond motifs is 3. The van der Waals surface area contributed by atoms with Gasteiger partial charge in [0.15, 0.2) is 11.5 Å².